The van der Waals surface area contributed by atoms with Gasteiger partial charge in [-0.25, -0.2) is 0 Å². The smallest absolute Gasteiger partial charge is 0.303 e. The first kappa shape index (κ1) is 21.1. The molecule has 1 aromatic heterocycles. The number of amides is 1. The average Bonchev–Trinajstić information content (AvgIpc) is 3.01. The molecule has 1 aromatic carbocycles. The maximum absolute atomic E-state index is 11.1. The highest BCUT2D eigenvalue weighted by molar-refractivity contribution is 5.88. The fourth-order valence-electron chi connectivity index (χ4n) is 3.47. The van der Waals surface area contributed by atoms with E-state index >= 15 is 0 Å². The van der Waals surface area contributed by atoms with Crippen LogP contribution in [0.5, 0.6) is 0 Å². The summed E-state index contributed by atoms with van der Waals surface area (Å²) in [5.41, 5.74) is 2.07. The van der Waals surface area contributed by atoms with E-state index in [-0.39, 0.29) is 18.5 Å². The first-order valence-electron chi connectivity index (χ1n) is 10.00. The Morgan fingerprint density at radius 3 is 2.24 bits per heavy atom. The fraction of sp³-hybridized carbons (Fsp3) is 0.455. The number of anilines is 1. The molecule has 0 saturated carbocycles. The van der Waals surface area contributed by atoms with E-state index in [1.165, 1.54) is 19.4 Å². The standard InChI is InChI=1S/C22H29N3O4/c1-17(26)23-20-6-4-19(5-7-20)14-24-10-3-11-25(13-12-24)15-21-8-9-22(29-21)16-28-18(2)27/h4-9H,3,10-16H2,1-2H3,(H,23,26). The van der Waals surface area contributed by atoms with E-state index < -0.39 is 0 Å². The zero-order valence-electron chi connectivity index (χ0n) is 17.1. The van der Waals surface area contributed by atoms with Crippen LogP contribution >= 0.6 is 0 Å². The molecule has 2 heterocycles. The van der Waals surface area contributed by atoms with E-state index in [0.717, 1.165) is 57.1 Å². The number of carbonyl (C=O) groups is 2. The van der Waals surface area contributed by atoms with Gasteiger partial charge in [-0.15, -0.1) is 0 Å². The number of hydrogen-bond acceptors (Lipinski definition) is 6. The van der Waals surface area contributed by atoms with Crippen molar-refractivity contribution in [3.63, 3.8) is 0 Å². The highest BCUT2D eigenvalue weighted by atomic mass is 16.5. The van der Waals surface area contributed by atoms with Crippen LogP contribution in [0.2, 0.25) is 0 Å². The van der Waals surface area contributed by atoms with Gasteiger partial charge in [0.1, 0.15) is 18.1 Å². The Morgan fingerprint density at radius 2 is 1.59 bits per heavy atom. The maximum Gasteiger partial charge on any atom is 0.303 e. The van der Waals surface area contributed by atoms with Crippen molar-refractivity contribution < 1.29 is 18.7 Å². The molecule has 1 saturated heterocycles. The minimum Gasteiger partial charge on any atom is -0.461 e. The van der Waals surface area contributed by atoms with Gasteiger partial charge in [0.15, 0.2) is 0 Å². The second-order valence-electron chi connectivity index (χ2n) is 7.43. The number of carbonyl (C=O) groups excluding carboxylic acids is 2. The summed E-state index contributed by atoms with van der Waals surface area (Å²) in [6.07, 6.45) is 1.10. The van der Waals surface area contributed by atoms with Crippen molar-refractivity contribution in [3.05, 3.63) is 53.5 Å². The van der Waals surface area contributed by atoms with E-state index in [4.69, 9.17) is 9.15 Å². The van der Waals surface area contributed by atoms with Crippen LogP contribution in [-0.4, -0.2) is 47.9 Å². The second-order valence-corrected chi connectivity index (χ2v) is 7.43. The number of rotatable bonds is 7. The molecule has 1 aliphatic heterocycles. The van der Waals surface area contributed by atoms with Crippen molar-refractivity contribution in [1.82, 2.24) is 9.80 Å². The molecule has 7 heteroatoms. The molecule has 3 rings (SSSR count). The molecule has 0 radical (unpaired) electrons. The normalized spacial score (nSPS) is 15.7. The third-order valence-electron chi connectivity index (χ3n) is 4.88. The van der Waals surface area contributed by atoms with Crippen LogP contribution < -0.4 is 5.32 Å². The molecule has 1 aliphatic rings. The third kappa shape index (κ3) is 7.03. The maximum atomic E-state index is 11.1. The Labute approximate surface area is 171 Å². The number of benzene rings is 1. The summed E-state index contributed by atoms with van der Waals surface area (Å²) < 4.78 is 10.8. The molecule has 156 valence electrons. The van der Waals surface area contributed by atoms with Crippen molar-refractivity contribution in [1.29, 1.82) is 0 Å². The third-order valence-corrected chi connectivity index (χ3v) is 4.88. The summed E-state index contributed by atoms with van der Waals surface area (Å²) in [5, 5.41) is 2.80. The van der Waals surface area contributed by atoms with Crippen LogP contribution in [0.25, 0.3) is 0 Å². The Hall–Kier alpha value is -2.64. The van der Waals surface area contributed by atoms with Crippen LogP contribution in [0.3, 0.4) is 0 Å². The van der Waals surface area contributed by atoms with Gasteiger partial charge in [0.05, 0.1) is 6.54 Å². The van der Waals surface area contributed by atoms with Crippen molar-refractivity contribution in [2.75, 3.05) is 31.5 Å². The lowest BCUT2D eigenvalue weighted by molar-refractivity contribution is -0.142. The van der Waals surface area contributed by atoms with Gasteiger partial charge in [0, 0.05) is 39.2 Å². The van der Waals surface area contributed by atoms with Crippen LogP contribution in [0.1, 0.15) is 37.4 Å². The molecule has 1 N–H and O–H groups in total. The zero-order chi connectivity index (χ0) is 20.6. The molecule has 1 amide bonds. The summed E-state index contributed by atoms with van der Waals surface area (Å²) in [6, 6.07) is 11.9. The molecule has 0 bridgehead atoms. The van der Waals surface area contributed by atoms with Crippen molar-refractivity contribution >= 4 is 17.6 Å². The Morgan fingerprint density at radius 1 is 0.931 bits per heavy atom. The van der Waals surface area contributed by atoms with Crippen molar-refractivity contribution in [2.45, 2.75) is 40.0 Å². The summed E-state index contributed by atoms with van der Waals surface area (Å²) in [4.78, 5) is 26.9. The van der Waals surface area contributed by atoms with Gasteiger partial charge in [-0.1, -0.05) is 12.1 Å². The molecule has 0 spiro atoms. The van der Waals surface area contributed by atoms with Crippen LogP contribution in [0.15, 0.2) is 40.8 Å². The number of furan rings is 1. The summed E-state index contributed by atoms with van der Waals surface area (Å²) in [5.74, 6) is 1.21. The number of ether oxygens (including phenoxy) is 1. The van der Waals surface area contributed by atoms with Gasteiger partial charge in [-0.05, 0) is 49.3 Å². The van der Waals surface area contributed by atoms with Gasteiger partial charge in [-0.3, -0.25) is 19.4 Å². The number of esters is 1. The van der Waals surface area contributed by atoms with Crippen LogP contribution in [-0.2, 0) is 34.0 Å². The summed E-state index contributed by atoms with van der Waals surface area (Å²) >= 11 is 0. The first-order valence-corrected chi connectivity index (χ1v) is 10.00. The Bertz CT molecular complexity index is 816. The van der Waals surface area contributed by atoms with Gasteiger partial charge < -0.3 is 14.5 Å². The van der Waals surface area contributed by atoms with E-state index in [1.54, 1.807) is 0 Å². The highest BCUT2D eigenvalue weighted by Crippen LogP contribution is 2.16. The molecule has 7 nitrogen and oxygen atoms in total. The van der Waals surface area contributed by atoms with E-state index in [0.29, 0.717) is 5.76 Å². The van der Waals surface area contributed by atoms with Gasteiger partial charge in [0.25, 0.3) is 0 Å². The number of nitrogens with one attached hydrogen (secondary N) is 1. The second kappa shape index (κ2) is 10.2. The van der Waals surface area contributed by atoms with E-state index in [9.17, 15) is 9.59 Å². The largest absolute Gasteiger partial charge is 0.461 e. The molecular weight excluding hydrogens is 370 g/mol. The quantitative estimate of drug-likeness (QED) is 0.722. The number of hydrogen-bond donors (Lipinski definition) is 1. The van der Waals surface area contributed by atoms with E-state index in [2.05, 4.69) is 27.2 Å². The Balaban J connectivity index is 1.46. The lowest BCUT2D eigenvalue weighted by Crippen LogP contribution is -2.30. The average molecular weight is 399 g/mol. The van der Waals surface area contributed by atoms with Gasteiger partial charge >= 0.3 is 5.97 Å². The highest BCUT2D eigenvalue weighted by Gasteiger charge is 2.16. The van der Waals surface area contributed by atoms with Gasteiger partial charge in [-0.2, -0.15) is 0 Å². The minimum absolute atomic E-state index is 0.0552. The lowest BCUT2D eigenvalue weighted by Gasteiger charge is -2.21. The first-order chi connectivity index (χ1) is 14.0. The fourth-order valence-corrected chi connectivity index (χ4v) is 3.47. The SMILES string of the molecule is CC(=O)Nc1ccc(CN2CCCN(Cc3ccc(COC(C)=O)o3)CC2)cc1. The predicted octanol–water partition coefficient (Wildman–Crippen LogP) is 3.01. The molecule has 1 fully saturated rings. The summed E-state index contributed by atoms with van der Waals surface area (Å²) in [7, 11) is 0. The van der Waals surface area contributed by atoms with Gasteiger partial charge in [0.2, 0.25) is 5.91 Å². The monoisotopic (exact) mass is 399 g/mol. The lowest BCUT2D eigenvalue weighted by atomic mass is 10.2. The molecule has 2 aromatic rings. The van der Waals surface area contributed by atoms with E-state index in [1.807, 2.05) is 24.3 Å². The van der Waals surface area contributed by atoms with Crippen molar-refractivity contribution in [2.24, 2.45) is 0 Å². The topological polar surface area (TPSA) is 75.0 Å². The van der Waals surface area contributed by atoms with Crippen molar-refractivity contribution in [3.8, 4) is 0 Å². The summed E-state index contributed by atoms with van der Waals surface area (Å²) in [6.45, 7) is 8.81. The molecule has 0 unspecified atom stereocenters. The predicted molar refractivity (Wildman–Crippen MR) is 110 cm³/mol. The molecule has 0 aliphatic carbocycles. The zero-order valence-corrected chi connectivity index (χ0v) is 17.1. The molecular formula is C22H29N3O4. The Kier molecular flexibility index (Phi) is 7.43. The molecule has 0 atom stereocenters. The molecule has 29 heavy (non-hydrogen) atoms. The minimum atomic E-state index is -0.305. The van der Waals surface area contributed by atoms with Crippen LogP contribution in [0, 0.1) is 0 Å². The number of nitrogens with zero attached hydrogens (tertiary/aromatic N) is 2. The van der Waals surface area contributed by atoms with Crippen LogP contribution in [0.4, 0.5) is 5.69 Å².